The first kappa shape index (κ1) is 20.1. The molecule has 0 aliphatic carbocycles. The third-order valence-corrected chi connectivity index (χ3v) is 5.11. The number of oxazole rings is 1. The molecule has 0 bridgehead atoms. The number of hydrogen-bond donors (Lipinski definition) is 2. The SMILES string of the molecule is CCNC(=NCCc1ncc(C)s1)NCCc1coc(-c2ccc(C)cc2)n1. The molecule has 0 aliphatic heterocycles. The molecule has 0 spiro atoms. The van der Waals surface area contributed by atoms with E-state index in [1.165, 1.54) is 10.4 Å². The fourth-order valence-electron chi connectivity index (χ4n) is 2.68. The van der Waals surface area contributed by atoms with Gasteiger partial charge in [0.15, 0.2) is 5.96 Å². The van der Waals surface area contributed by atoms with Gasteiger partial charge in [0.05, 0.1) is 10.7 Å². The summed E-state index contributed by atoms with van der Waals surface area (Å²) < 4.78 is 5.62. The summed E-state index contributed by atoms with van der Waals surface area (Å²) in [5.74, 6) is 1.48. The minimum Gasteiger partial charge on any atom is -0.444 e. The zero-order valence-corrected chi connectivity index (χ0v) is 17.5. The first-order valence-electron chi connectivity index (χ1n) is 9.59. The van der Waals surface area contributed by atoms with Gasteiger partial charge in [0.2, 0.25) is 5.89 Å². The molecule has 2 aromatic heterocycles. The lowest BCUT2D eigenvalue weighted by atomic mass is 10.1. The largest absolute Gasteiger partial charge is 0.444 e. The van der Waals surface area contributed by atoms with Gasteiger partial charge in [-0.2, -0.15) is 0 Å². The monoisotopic (exact) mass is 397 g/mol. The lowest BCUT2D eigenvalue weighted by molar-refractivity contribution is 0.572. The number of nitrogens with zero attached hydrogens (tertiary/aromatic N) is 3. The average Bonchev–Trinajstić information content (AvgIpc) is 3.31. The van der Waals surface area contributed by atoms with Crippen molar-refractivity contribution >= 4 is 17.3 Å². The molecule has 1 aromatic carbocycles. The molecule has 6 nitrogen and oxygen atoms in total. The molecule has 28 heavy (non-hydrogen) atoms. The van der Waals surface area contributed by atoms with E-state index in [4.69, 9.17) is 4.42 Å². The first-order valence-corrected chi connectivity index (χ1v) is 10.4. The van der Waals surface area contributed by atoms with Gasteiger partial charge in [0, 0.05) is 49.1 Å². The molecule has 0 fully saturated rings. The Morgan fingerprint density at radius 2 is 1.96 bits per heavy atom. The summed E-state index contributed by atoms with van der Waals surface area (Å²) in [6.07, 6.45) is 5.27. The summed E-state index contributed by atoms with van der Waals surface area (Å²) in [6.45, 7) is 8.48. The fourth-order valence-corrected chi connectivity index (χ4v) is 3.46. The van der Waals surface area contributed by atoms with Crippen LogP contribution in [0.5, 0.6) is 0 Å². The Bertz CT molecular complexity index is 898. The topological polar surface area (TPSA) is 75.3 Å². The second kappa shape index (κ2) is 10.0. The van der Waals surface area contributed by atoms with E-state index in [9.17, 15) is 0 Å². The Morgan fingerprint density at radius 1 is 1.14 bits per heavy atom. The maximum Gasteiger partial charge on any atom is 0.226 e. The molecule has 2 N–H and O–H groups in total. The van der Waals surface area contributed by atoms with Crippen molar-refractivity contribution in [1.82, 2.24) is 20.6 Å². The fraction of sp³-hybridized carbons (Fsp3) is 0.381. The Kier molecular flexibility index (Phi) is 7.19. The molecule has 2 heterocycles. The number of guanidine groups is 1. The third-order valence-electron chi connectivity index (χ3n) is 4.13. The first-order chi connectivity index (χ1) is 13.6. The number of hydrogen-bond acceptors (Lipinski definition) is 5. The van der Waals surface area contributed by atoms with E-state index in [0.29, 0.717) is 12.4 Å². The highest BCUT2D eigenvalue weighted by molar-refractivity contribution is 7.11. The number of thiazole rings is 1. The van der Waals surface area contributed by atoms with Crippen molar-refractivity contribution in [2.45, 2.75) is 33.6 Å². The molecule has 0 aliphatic rings. The Labute approximate surface area is 170 Å². The van der Waals surface area contributed by atoms with Gasteiger partial charge < -0.3 is 15.1 Å². The van der Waals surface area contributed by atoms with Crippen LogP contribution in [0.2, 0.25) is 0 Å². The maximum absolute atomic E-state index is 5.62. The molecule has 3 rings (SSSR count). The summed E-state index contributed by atoms with van der Waals surface area (Å²) in [5, 5.41) is 7.76. The Balaban J connectivity index is 1.48. The quantitative estimate of drug-likeness (QED) is 0.447. The minimum absolute atomic E-state index is 0.661. The number of nitrogens with one attached hydrogen (secondary N) is 2. The van der Waals surface area contributed by atoms with Crippen LogP contribution in [0, 0.1) is 13.8 Å². The van der Waals surface area contributed by atoms with Crippen molar-refractivity contribution in [3.63, 3.8) is 0 Å². The molecular formula is C21H27N5OS. The van der Waals surface area contributed by atoms with Gasteiger partial charge in [-0.15, -0.1) is 11.3 Å². The number of rotatable bonds is 8. The summed E-state index contributed by atoms with van der Waals surface area (Å²) in [6, 6.07) is 8.19. The number of aromatic nitrogens is 2. The van der Waals surface area contributed by atoms with E-state index >= 15 is 0 Å². The van der Waals surface area contributed by atoms with Crippen LogP contribution in [-0.4, -0.2) is 35.6 Å². The number of aliphatic imine (C=N–C) groups is 1. The Hall–Kier alpha value is -2.67. The normalized spacial score (nSPS) is 11.6. The molecule has 0 atom stereocenters. The molecule has 0 radical (unpaired) electrons. The van der Waals surface area contributed by atoms with Crippen molar-refractivity contribution in [1.29, 1.82) is 0 Å². The molecule has 7 heteroatoms. The molecular weight excluding hydrogens is 370 g/mol. The van der Waals surface area contributed by atoms with Crippen molar-refractivity contribution in [3.05, 3.63) is 57.9 Å². The lowest BCUT2D eigenvalue weighted by Gasteiger charge is -2.10. The second-order valence-corrected chi connectivity index (χ2v) is 7.88. The minimum atomic E-state index is 0.661. The standard InChI is InChI=1S/C21H27N5OS/c1-4-22-21(24-12-10-19-25-13-16(3)28-19)23-11-9-18-14-27-20(26-18)17-7-5-15(2)6-8-17/h5-8,13-14H,4,9-12H2,1-3H3,(H2,22,23,24). The molecule has 0 unspecified atom stereocenters. The van der Waals surface area contributed by atoms with Crippen molar-refractivity contribution in [2.24, 2.45) is 4.99 Å². The van der Waals surface area contributed by atoms with Crippen LogP contribution in [0.1, 0.15) is 28.1 Å². The van der Waals surface area contributed by atoms with Crippen LogP contribution >= 0.6 is 11.3 Å². The van der Waals surface area contributed by atoms with Crippen LogP contribution in [-0.2, 0) is 12.8 Å². The van der Waals surface area contributed by atoms with Gasteiger partial charge in [-0.25, -0.2) is 9.97 Å². The third kappa shape index (κ3) is 5.92. The van der Waals surface area contributed by atoms with E-state index in [-0.39, 0.29) is 0 Å². The molecule has 0 saturated heterocycles. The smallest absolute Gasteiger partial charge is 0.226 e. The van der Waals surface area contributed by atoms with Crippen molar-refractivity contribution < 1.29 is 4.42 Å². The van der Waals surface area contributed by atoms with Crippen LogP contribution in [0.15, 0.2) is 46.1 Å². The highest BCUT2D eigenvalue weighted by atomic mass is 32.1. The predicted molar refractivity (Wildman–Crippen MR) is 115 cm³/mol. The summed E-state index contributed by atoms with van der Waals surface area (Å²) in [5.41, 5.74) is 3.15. The Morgan fingerprint density at radius 3 is 2.68 bits per heavy atom. The van der Waals surface area contributed by atoms with Crippen LogP contribution in [0.3, 0.4) is 0 Å². The summed E-state index contributed by atoms with van der Waals surface area (Å²) in [7, 11) is 0. The molecule has 0 saturated carbocycles. The number of benzene rings is 1. The second-order valence-electron chi connectivity index (χ2n) is 6.56. The highest BCUT2D eigenvalue weighted by Crippen LogP contribution is 2.19. The van der Waals surface area contributed by atoms with E-state index in [1.807, 2.05) is 18.3 Å². The number of aryl methyl sites for hydroxylation is 2. The molecule has 148 valence electrons. The average molecular weight is 398 g/mol. The van der Waals surface area contributed by atoms with Crippen LogP contribution in [0.4, 0.5) is 0 Å². The summed E-state index contributed by atoms with van der Waals surface area (Å²) >= 11 is 1.73. The molecule has 3 aromatic rings. The van der Waals surface area contributed by atoms with E-state index < -0.39 is 0 Å². The predicted octanol–water partition coefficient (Wildman–Crippen LogP) is 3.76. The maximum atomic E-state index is 5.62. The van der Waals surface area contributed by atoms with E-state index in [0.717, 1.165) is 48.2 Å². The van der Waals surface area contributed by atoms with E-state index in [2.05, 4.69) is 58.5 Å². The highest BCUT2D eigenvalue weighted by Gasteiger charge is 2.07. The zero-order valence-electron chi connectivity index (χ0n) is 16.7. The van der Waals surface area contributed by atoms with Crippen molar-refractivity contribution in [2.75, 3.05) is 19.6 Å². The molecule has 0 amide bonds. The van der Waals surface area contributed by atoms with Gasteiger partial charge in [-0.3, -0.25) is 4.99 Å². The van der Waals surface area contributed by atoms with Gasteiger partial charge >= 0.3 is 0 Å². The van der Waals surface area contributed by atoms with Gasteiger partial charge in [0.1, 0.15) is 6.26 Å². The van der Waals surface area contributed by atoms with E-state index in [1.54, 1.807) is 17.6 Å². The summed E-state index contributed by atoms with van der Waals surface area (Å²) in [4.78, 5) is 14.8. The van der Waals surface area contributed by atoms with Gasteiger partial charge in [-0.1, -0.05) is 17.7 Å². The lowest BCUT2D eigenvalue weighted by Crippen LogP contribution is -2.38. The van der Waals surface area contributed by atoms with Gasteiger partial charge in [0.25, 0.3) is 0 Å². The van der Waals surface area contributed by atoms with Gasteiger partial charge in [-0.05, 0) is 32.9 Å². The zero-order chi connectivity index (χ0) is 19.8. The van der Waals surface area contributed by atoms with Crippen LogP contribution in [0.25, 0.3) is 11.5 Å². The van der Waals surface area contributed by atoms with Crippen LogP contribution < -0.4 is 10.6 Å². The van der Waals surface area contributed by atoms with Crippen molar-refractivity contribution in [3.8, 4) is 11.5 Å².